The lowest BCUT2D eigenvalue weighted by molar-refractivity contribution is 0.0643. The molecular formula is C17H15N7O. The number of carbonyl (C=O) groups is 1. The van der Waals surface area contributed by atoms with Crippen LogP contribution in [-0.4, -0.2) is 47.0 Å². The van der Waals surface area contributed by atoms with E-state index in [-0.39, 0.29) is 18.0 Å². The molecule has 1 saturated heterocycles. The van der Waals surface area contributed by atoms with Gasteiger partial charge in [-0.3, -0.25) is 4.79 Å². The number of tetrazole rings is 1. The first-order valence-corrected chi connectivity index (χ1v) is 8.26. The van der Waals surface area contributed by atoms with Crippen LogP contribution in [0.2, 0.25) is 0 Å². The zero-order valence-corrected chi connectivity index (χ0v) is 13.4. The molecule has 0 radical (unpaired) electrons. The number of rotatable bonds is 2. The molecule has 5 rings (SSSR count). The molecule has 0 N–H and O–H groups in total. The summed E-state index contributed by atoms with van der Waals surface area (Å²) in [4.78, 5) is 23.8. The molecule has 8 nitrogen and oxygen atoms in total. The molecular weight excluding hydrogens is 318 g/mol. The summed E-state index contributed by atoms with van der Waals surface area (Å²) < 4.78 is 1.55. The molecule has 25 heavy (non-hydrogen) atoms. The lowest BCUT2D eigenvalue weighted by Gasteiger charge is -2.35. The number of hydrogen-bond donors (Lipinski definition) is 0. The maximum atomic E-state index is 13.2. The first kappa shape index (κ1) is 14.2. The molecule has 2 aromatic heterocycles. The second kappa shape index (κ2) is 5.44. The minimum atomic E-state index is 0.0388. The van der Waals surface area contributed by atoms with Crippen molar-refractivity contribution in [3.05, 3.63) is 59.9 Å². The Balaban J connectivity index is 1.51. The summed E-state index contributed by atoms with van der Waals surface area (Å²) >= 11 is 0. The molecule has 0 saturated carbocycles. The first-order chi connectivity index (χ1) is 12.3. The van der Waals surface area contributed by atoms with Crippen molar-refractivity contribution in [3.8, 4) is 5.69 Å². The van der Waals surface area contributed by atoms with Crippen molar-refractivity contribution in [2.24, 2.45) is 0 Å². The van der Waals surface area contributed by atoms with Gasteiger partial charge in [-0.05, 0) is 41.5 Å². The number of aromatic nitrogens is 6. The van der Waals surface area contributed by atoms with Crippen LogP contribution in [0.1, 0.15) is 40.5 Å². The minimum Gasteiger partial charge on any atom is -0.328 e. The zero-order valence-electron chi connectivity index (χ0n) is 13.4. The number of benzene rings is 1. The van der Waals surface area contributed by atoms with E-state index in [1.165, 1.54) is 6.33 Å². The molecule has 1 amide bonds. The number of hydrogen-bond acceptors (Lipinski definition) is 6. The van der Waals surface area contributed by atoms with Crippen LogP contribution < -0.4 is 0 Å². The van der Waals surface area contributed by atoms with Gasteiger partial charge in [-0.1, -0.05) is 6.07 Å². The van der Waals surface area contributed by atoms with Crippen LogP contribution >= 0.6 is 0 Å². The lowest BCUT2D eigenvalue weighted by Crippen LogP contribution is -2.42. The van der Waals surface area contributed by atoms with E-state index in [4.69, 9.17) is 0 Å². The van der Waals surface area contributed by atoms with Gasteiger partial charge in [0, 0.05) is 29.8 Å². The van der Waals surface area contributed by atoms with Gasteiger partial charge in [-0.15, -0.1) is 5.10 Å². The summed E-state index contributed by atoms with van der Waals surface area (Å²) in [6.45, 7) is 0. The molecule has 124 valence electrons. The molecule has 2 aliphatic heterocycles. The average Bonchev–Trinajstić information content (AvgIpc) is 3.29. The smallest absolute Gasteiger partial charge is 0.254 e. The predicted molar refractivity (Wildman–Crippen MR) is 86.8 cm³/mol. The predicted octanol–water partition coefficient (Wildman–Crippen LogP) is 1.35. The molecule has 2 atom stereocenters. The Morgan fingerprint density at radius 1 is 1.24 bits per heavy atom. The molecule has 2 bridgehead atoms. The molecule has 4 heterocycles. The summed E-state index contributed by atoms with van der Waals surface area (Å²) in [5.41, 5.74) is 3.57. The van der Waals surface area contributed by atoms with Gasteiger partial charge < -0.3 is 4.90 Å². The first-order valence-electron chi connectivity index (χ1n) is 8.26. The summed E-state index contributed by atoms with van der Waals surface area (Å²) in [5, 5.41) is 11.2. The molecule has 1 aromatic carbocycles. The van der Waals surface area contributed by atoms with Crippen LogP contribution in [0.15, 0.2) is 43.1 Å². The third-order valence-electron chi connectivity index (χ3n) is 5.06. The normalized spacial score (nSPS) is 21.2. The zero-order chi connectivity index (χ0) is 16.8. The SMILES string of the molecule is O=C(c1cccc(-n2cnnn2)c1)N1C2CCC1c1cncnc1C2. The van der Waals surface area contributed by atoms with E-state index in [1.807, 2.05) is 35.4 Å². The van der Waals surface area contributed by atoms with Gasteiger partial charge in [-0.25, -0.2) is 14.6 Å². The van der Waals surface area contributed by atoms with Gasteiger partial charge in [0.2, 0.25) is 0 Å². The summed E-state index contributed by atoms with van der Waals surface area (Å²) in [6, 6.07) is 7.67. The minimum absolute atomic E-state index is 0.0388. The van der Waals surface area contributed by atoms with E-state index in [0.717, 1.165) is 36.2 Å². The topological polar surface area (TPSA) is 89.7 Å². The standard InChI is InChI=1S/C17H15N7O/c25-17(11-2-1-3-12(6-11)23-10-20-21-22-23)24-13-4-5-16(24)14-8-18-9-19-15(14)7-13/h1-3,6,8-10,13,16H,4-5,7H2. The van der Waals surface area contributed by atoms with Crippen molar-refractivity contribution < 1.29 is 4.79 Å². The lowest BCUT2D eigenvalue weighted by atomic mass is 9.98. The highest BCUT2D eigenvalue weighted by Crippen LogP contribution is 2.43. The molecule has 3 aromatic rings. The Bertz CT molecular complexity index is 940. The van der Waals surface area contributed by atoms with Crippen LogP contribution in [0.3, 0.4) is 0 Å². The second-order valence-electron chi connectivity index (χ2n) is 6.39. The monoisotopic (exact) mass is 333 g/mol. The fourth-order valence-corrected chi connectivity index (χ4v) is 3.94. The molecule has 0 aliphatic carbocycles. The fourth-order valence-electron chi connectivity index (χ4n) is 3.94. The highest BCUT2D eigenvalue weighted by molar-refractivity contribution is 5.95. The van der Waals surface area contributed by atoms with E-state index < -0.39 is 0 Å². The largest absolute Gasteiger partial charge is 0.328 e. The molecule has 1 fully saturated rings. The van der Waals surface area contributed by atoms with Gasteiger partial charge >= 0.3 is 0 Å². The Labute approximate surface area is 143 Å². The van der Waals surface area contributed by atoms with Crippen molar-refractivity contribution in [1.82, 2.24) is 35.1 Å². The van der Waals surface area contributed by atoms with Gasteiger partial charge in [0.15, 0.2) is 0 Å². The highest BCUT2D eigenvalue weighted by atomic mass is 16.2. The number of carbonyl (C=O) groups excluding carboxylic acids is 1. The van der Waals surface area contributed by atoms with Gasteiger partial charge in [0.1, 0.15) is 12.7 Å². The van der Waals surface area contributed by atoms with Crippen LogP contribution in [0.5, 0.6) is 0 Å². The van der Waals surface area contributed by atoms with E-state index >= 15 is 0 Å². The Morgan fingerprint density at radius 3 is 3.08 bits per heavy atom. The highest BCUT2D eigenvalue weighted by Gasteiger charge is 2.43. The van der Waals surface area contributed by atoms with E-state index in [9.17, 15) is 4.79 Å². The van der Waals surface area contributed by atoms with Crippen LogP contribution in [0.4, 0.5) is 0 Å². The maximum absolute atomic E-state index is 13.2. The molecule has 8 heteroatoms. The van der Waals surface area contributed by atoms with Crippen LogP contribution in [-0.2, 0) is 6.42 Å². The number of fused-ring (bicyclic) bond motifs is 4. The fraction of sp³-hybridized carbons (Fsp3) is 0.294. The van der Waals surface area contributed by atoms with Gasteiger partial charge in [0.25, 0.3) is 5.91 Å². The Morgan fingerprint density at radius 2 is 2.20 bits per heavy atom. The Kier molecular flexibility index (Phi) is 3.09. The third-order valence-corrected chi connectivity index (χ3v) is 5.06. The third kappa shape index (κ3) is 2.21. The number of amides is 1. The summed E-state index contributed by atoms with van der Waals surface area (Å²) in [5.74, 6) is 0.0388. The van der Waals surface area contributed by atoms with Crippen molar-refractivity contribution >= 4 is 5.91 Å². The molecule has 2 unspecified atom stereocenters. The van der Waals surface area contributed by atoms with Gasteiger partial charge in [-0.2, -0.15) is 0 Å². The number of nitrogens with zero attached hydrogens (tertiary/aromatic N) is 7. The van der Waals surface area contributed by atoms with Crippen molar-refractivity contribution in [2.45, 2.75) is 31.3 Å². The summed E-state index contributed by atoms with van der Waals surface area (Å²) in [6.07, 6.45) is 7.72. The summed E-state index contributed by atoms with van der Waals surface area (Å²) in [7, 11) is 0. The van der Waals surface area contributed by atoms with Crippen LogP contribution in [0, 0.1) is 0 Å². The molecule has 2 aliphatic rings. The van der Waals surface area contributed by atoms with Crippen LogP contribution in [0.25, 0.3) is 5.69 Å². The Hall–Kier alpha value is -3.16. The second-order valence-corrected chi connectivity index (χ2v) is 6.39. The van der Waals surface area contributed by atoms with E-state index in [0.29, 0.717) is 5.56 Å². The van der Waals surface area contributed by atoms with Crippen molar-refractivity contribution in [2.75, 3.05) is 0 Å². The van der Waals surface area contributed by atoms with Crippen molar-refractivity contribution in [3.63, 3.8) is 0 Å². The maximum Gasteiger partial charge on any atom is 0.254 e. The van der Waals surface area contributed by atoms with Crippen molar-refractivity contribution in [1.29, 1.82) is 0 Å². The van der Waals surface area contributed by atoms with E-state index in [2.05, 4.69) is 25.5 Å². The molecule has 0 spiro atoms. The van der Waals surface area contributed by atoms with Gasteiger partial charge in [0.05, 0.1) is 17.4 Å². The average molecular weight is 333 g/mol. The quantitative estimate of drug-likeness (QED) is 0.703. The van der Waals surface area contributed by atoms with E-state index in [1.54, 1.807) is 11.0 Å².